The van der Waals surface area contributed by atoms with E-state index in [1.807, 2.05) is 0 Å². The number of halogens is 3. The fourth-order valence-corrected chi connectivity index (χ4v) is 1.93. The van der Waals surface area contributed by atoms with Gasteiger partial charge in [-0.3, -0.25) is 0 Å². The Morgan fingerprint density at radius 3 is 2.67 bits per heavy atom. The van der Waals surface area contributed by atoms with E-state index in [1.165, 1.54) is 12.1 Å². The molecule has 0 saturated carbocycles. The molecule has 2 rings (SSSR count). The second kappa shape index (κ2) is 4.90. The highest BCUT2D eigenvalue weighted by Gasteiger charge is 2.23. The van der Waals surface area contributed by atoms with Crippen molar-refractivity contribution >= 4 is 12.4 Å². The van der Waals surface area contributed by atoms with Crippen LogP contribution in [0.1, 0.15) is 30.0 Å². The fraction of sp³-hybridized carbons (Fsp3) is 0.455. The van der Waals surface area contributed by atoms with Gasteiger partial charge in [0.2, 0.25) is 0 Å². The average molecular weight is 234 g/mol. The fourth-order valence-electron chi connectivity index (χ4n) is 1.93. The third-order valence-electron chi connectivity index (χ3n) is 2.73. The number of hydrogen-bond acceptors (Lipinski definition) is 1. The van der Waals surface area contributed by atoms with Crippen LogP contribution in [0.25, 0.3) is 0 Å². The molecule has 1 atom stereocenters. The zero-order chi connectivity index (χ0) is 10.1. The summed E-state index contributed by atoms with van der Waals surface area (Å²) in [6, 6.07) is 2.67. The monoisotopic (exact) mass is 233 g/mol. The molecule has 15 heavy (non-hydrogen) atoms. The molecule has 0 bridgehead atoms. The first-order chi connectivity index (χ1) is 6.70. The maximum atomic E-state index is 13.6. The highest BCUT2D eigenvalue weighted by Crippen LogP contribution is 2.28. The smallest absolute Gasteiger partial charge is 0.133 e. The quantitative estimate of drug-likeness (QED) is 0.786. The van der Waals surface area contributed by atoms with Crippen molar-refractivity contribution in [1.82, 2.24) is 5.32 Å². The molecule has 1 heterocycles. The molecule has 0 radical (unpaired) electrons. The molecule has 0 spiro atoms. The molecule has 1 saturated heterocycles. The molecular formula is C11H14ClF2N. The molecule has 84 valence electrons. The second-order valence-corrected chi connectivity index (χ2v) is 3.74. The van der Waals surface area contributed by atoms with E-state index in [-0.39, 0.29) is 24.0 Å². The van der Waals surface area contributed by atoms with Crippen molar-refractivity contribution in [3.05, 3.63) is 34.9 Å². The summed E-state index contributed by atoms with van der Waals surface area (Å²) < 4.78 is 27.0. The van der Waals surface area contributed by atoms with Gasteiger partial charge in [-0.15, -0.1) is 12.4 Å². The summed E-state index contributed by atoms with van der Waals surface area (Å²) >= 11 is 0. The van der Waals surface area contributed by atoms with Crippen molar-refractivity contribution in [1.29, 1.82) is 0 Å². The van der Waals surface area contributed by atoms with Crippen molar-refractivity contribution in [3.8, 4) is 0 Å². The van der Waals surface area contributed by atoms with E-state index in [2.05, 4.69) is 5.32 Å². The molecule has 1 N–H and O–H groups in total. The van der Waals surface area contributed by atoms with E-state index < -0.39 is 11.6 Å². The lowest BCUT2D eigenvalue weighted by Crippen LogP contribution is -2.16. The van der Waals surface area contributed by atoms with Crippen LogP contribution < -0.4 is 5.32 Å². The van der Waals surface area contributed by atoms with E-state index in [4.69, 9.17) is 0 Å². The number of benzene rings is 1. The van der Waals surface area contributed by atoms with Crippen molar-refractivity contribution < 1.29 is 8.78 Å². The summed E-state index contributed by atoms with van der Waals surface area (Å²) in [5, 5.41) is 3.10. The molecule has 4 heteroatoms. The first-order valence-corrected chi connectivity index (χ1v) is 4.88. The summed E-state index contributed by atoms with van der Waals surface area (Å²) in [5.74, 6) is -0.836. The molecular weight excluding hydrogens is 220 g/mol. The maximum Gasteiger partial charge on any atom is 0.133 e. The molecule has 0 amide bonds. The predicted molar refractivity (Wildman–Crippen MR) is 58.3 cm³/mol. The predicted octanol–water partition coefficient (Wildman–Crippen LogP) is 3.12. The zero-order valence-corrected chi connectivity index (χ0v) is 9.33. The average Bonchev–Trinajstić information content (AvgIpc) is 2.65. The largest absolute Gasteiger partial charge is 0.310 e. The van der Waals surface area contributed by atoms with Gasteiger partial charge < -0.3 is 5.32 Å². The third kappa shape index (κ3) is 2.29. The minimum absolute atomic E-state index is 0. The van der Waals surface area contributed by atoms with Crippen LogP contribution in [-0.2, 0) is 0 Å². The Kier molecular flexibility index (Phi) is 4.05. The summed E-state index contributed by atoms with van der Waals surface area (Å²) in [5.41, 5.74) is 0.720. The van der Waals surface area contributed by atoms with E-state index in [1.54, 1.807) is 6.92 Å². The number of hydrogen-bond donors (Lipinski definition) is 1. The van der Waals surface area contributed by atoms with Crippen LogP contribution in [0.15, 0.2) is 12.1 Å². The highest BCUT2D eigenvalue weighted by molar-refractivity contribution is 5.85. The SMILES string of the molecule is Cc1ccc(F)c([C@H]2CCCN2)c1F.Cl. The van der Waals surface area contributed by atoms with Crippen LogP contribution in [0.5, 0.6) is 0 Å². The molecule has 1 fully saturated rings. The van der Waals surface area contributed by atoms with Crippen molar-refractivity contribution in [2.24, 2.45) is 0 Å². The Morgan fingerprint density at radius 2 is 2.07 bits per heavy atom. The molecule has 1 aromatic rings. The van der Waals surface area contributed by atoms with Gasteiger partial charge in [0, 0.05) is 11.6 Å². The van der Waals surface area contributed by atoms with Gasteiger partial charge in [-0.05, 0) is 37.9 Å². The van der Waals surface area contributed by atoms with E-state index in [9.17, 15) is 8.78 Å². The van der Waals surface area contributed by atoms with E-state index in [0.717, 1.165) is 19.4 Å². The van der Waals surface area contributed by atoms with Gasteiger partial charge in [0.1, 0.15) is 11.6 Å². The summed E-state index contributed by atoms with van der Waals surface area (Å²) in [4.78, 5) is 0. The first kappa shape index (κ1) is 12.4. The molecule has 1 aliphatic heterocycles. The molecule has 0 aromatic heterocycles. The molecule has 0 aliphatic carbocycles. The molecule has 1 nitrogen and oxygen atoms in total. The van der Waals surface area contributed by atoms with Gasteiger partial charge in [0.25, 0.3) is 0 Å². The van der Waals surface area contributed by atoms with Gasteiger partial charge >= 0.3 is 0 Å². The Labute approximate surface area is 94.3 Å². The lowest BCUT2D eigenvalue weighted by Gasteiger charge is -2.13. The minimum atomic E-state index is -0.437. The van der Waals surface area contributed by atoms with Gasteiger partial charge in [-0.25, -0.2) is 8.78 Å². The van der Waals surface area contributed by atoms with Crippen LogP contribution in [0.3, 0.4) is 0 Å². The maximum absolute atomic E-state index is 13.6. The van der Waals surface area contributed by atoms with Gasteiger partial charge in [0.15, 0.2) is 0 Å². The molecule has 1 aliphatic rings. The van der Waals surface area contributed by atoms with Crippen LogP contribution in [-0.4, -0.2) is 6.54 Å². The van der Waals surface area contributed by atoms with Gasteiger partial charge in [0.05, 0.1) is 0 Å². The minimum Gasteiger partial charge on any atom is -0.310 e. The number of nitrogens with one attached hydrogen (secondary N) is 1. The van der Waals surface area contributed by atoms with Gasteiger partial charge in [-0.2, -0.15) is 0 Å². The highest BCUT2D eigenvalue weighted by atomic mass is 35.5. The van der Waals surface area contributed by atoms with Gasteiger partial charge in [-0.1, -0.05) is 6.07 Å². The topological polar surface area (TPSA) is 12.0 Å². The Balaban J connectivity index is 0.00000112. The van der Waals surface area contributed by atoms with Crippen molar-refractivity contribution in [2.45, 2.75) is 25.8 Å². The van der Waals surface area contributed by atoms with E-state index in [0.29, 0.717) is 5.56 Å². The molecule has 0 unspecified atom stereocenters. The summed E-state index contributed by atoms with van der Waals surface area (Å²) in [7, 11) is 0. The van der Waals surface area contributed by atoms with Crippen molar-refractivity contribution in [2.75, 3.05) is 6.54 Å². The normalized spacial score (nSPS) is 20.1. The van der Waals surface area contributed by atoms with Crippen LogP contribution in [0.4, 0.5) is 8.78 Å². The lowest BCUT2D eigenvalue weighted by molar-refractivity contribution is 0.503. The second-order valence-electron chi connectivity index (χ2n) is 3.74. The number of aryl methyl sites for hydroxylation is 1. The Bertz CT molecular complexity index is 349. The molecule has 1 aromatic carbocycles. The van der Waals surface area contributed by atoms with Crippen molar-refractivity contribution in [3.63, 3.8) is 0 Å². The third-order valence-corrected chi connectivity index (χ3v) is 2.73. The zero-order valence-electron chi connectivity index (χ0n) is 8.52. The lowest BCUT2D eigenvalue weighted by atomic mass is 10.0. The number of rotatable bonds is 1. The van der Waals surface area contributed by atoms with Crippen LogP contribution in [0, 0.1) is 18.6 Å². The standard InChI is InChI=1S/C11H13F2N.ClH/c1-7-4-5-8(12)10(11(7)13)9-3-2-6-14-9;/h4-5,9,14H,2-3,6H2,1H3;1H/t9-;/m1./s1. The van der Waals surface area contributed by atoms with Crippen LogP contribution >= 0.6 is 12.4 Å². The Hall–Kier alpha value is -0.670. The first-order valence-electron chi connectivity index (χ1n) is 4.88. The summed E-state index contributed by atoms with van der Waals surface area (Å²) in [6.07, 6.45) is 1.80. The Morgan fingerprint density at radius 1 is 1.33 bits per heavy atom. The van der Waals surface area contributed by atoms with E-state index >= 15 is 0 Å². The summed E-state index contributed by atoms with van der Waals surface area (Å²) in [6.45, 7) is 2.50. The van der Waals surface area contributed by atoms with Crippen LogP contribution in [0.2, 0.25) is 0 Å².